The number of rotatable bonds is 6. The number of anilines is 1. The minimum absolute atomic E-state index is 0.0847. The highest BCUT2D eigenvalue weighted by Gasteiger charge is 2.24. The Labute approximate surface area is 181 Å². The molecule has 0 bridgehead atoms. The van der Waals surface area contributed by atoms with Crippen molar-refractivity contribution in [3.63, 3.8) is 0 Å². The van der Waals surface area contributed by atoms with E-state index in [0.717, 1.165) is 16.8 Å². The number of carbonyl (C=O) groups is 1. The van der Waals surface area contributed by atoms with Crippen molar-refractivity contribution in [2.45, 2.75) is 38.6 Å². The number of carbonyl (C=O) groups excluding carboxylic acids is 1. The van der Waals surface area contributed by atoms with Gasteiger partial charge in [-0.2, -0.15) is 4.31 Å². The van der Waals surface area contributed by atoms with Gasteiger partial charge in [0, 0.05) is 29.6 Å². The number of sulfonamides is 1. The van der Waals surface area contributed by atoms with Crippen molar-refractivity contribution in [2.75, 3.05) is 12.4 Å². The molecular weight excluding hydrogens is 418 g/mol. The number of aromatic nitrogens is 1. The average molecular weight is 444 g/mol. The molecule has 0 fully saturated rings. The first-order valence-electron chi connectivity index (χ1n) is 9.52. The lowest BCUT2D eigenvalue weighted by molar-refractivity contribution is 0.102. The van der Waals surface area contributed by atoms with Crippen LogP contribution in [0.5, 0.6) is 0 Å². The van der Waals surface area contributed by atoms with Crippen LogP contribution in [-0.4, -0.2) is 36.7 Å². The zero-order chi connectivity index (χ0) is 22.1. The van der Waals surface area contributed by atoms with Crippen molar-refractivity contribution in [1.82, 2.24) is 9.29 Å². The molecule has 1 N–H and O–H groups in total. The summed E-state index contributed by atoms with van der Waals surface area (Å²) in [5.41, 5.74) is 4.37. The van der Waals surface area contributed by atoms with E-state index in [-0.39, 0.29) is 16.5 Å². The lowest BCUT2D eigenvalue weighted by atomic mass is 10.0. The molecule has 1 aromatic heterocycles. The monoisotopic (exact) mass is 443 g/mol. The van der Waals surface area contributed by atoms with Crippen LogP contribution >= 0.6 is 11.3 Å². The van der Waals surface area contributed by atoms with Gasteiger partial charge in [-0.1, -0.05) is 29.8 Å². The van der Waals surface area contributed by atoms with Gasteiger partial charge >= 0.3 is 0 Å². The van der Waals surface area contributed by atoms with Crippen LogP contribution in [-0.2, 0) is 10.0 Å². The third-order valence-corrected chi connectivity index (χ3v) is 7.67. The standard InChI is InChI=1S/C22H25N3O3S2/c1-14(2)25(5)30(27,28)18-8-6-7-17(12-18)21(26)24-22-23-20(13-29-22)19-10-9-15(3)11-16(19)4/h6-14H,1-5H3,(H,23,24,26). The van der Waals surface area contributed by atoms with Gasteiger partial charge in [0.2, 0.25) is 10.0 Å². The summed E-state index contributed by atoms with van der Waals surface area (Å²) < 4.78 is 26.7. The van der Waals surface area contributed by atoms with E-state index in [1.807, 2.05) is 31.4 Å². The second-order valence-electron chi connectivity index (χ2n) is 7.45. The fraction of sp³-hybridized carbons (Fsp3) is 0.273. The minimum Gasteiger partial charge on any atom is -0.298 e. The summed E-state index contributed by atoms with van der Waals surface area (Å²) in [6.45, 7) is 7.66. The van der Waals surface area contributed by atoms with Crippen molar-refractivity contribution in [3.8, 4) is 11.3 Å². The molecule has 8 heteroatoms. The largest absolute Gasteiger partial charge is 0.298 e. The minimum atomic E-state index is -3.67. The molecule has 0 atom stereocenters. The molecule has 0 radical (unpaired) electrons. The zero-order valence-corrected chi connectivity index (χ0v) is 19.3. The normalized spacial score (nSPS) is 11.8. The SMILES string of the molecule is Cc1ccc(-c2csc(NC(=O)c3cccc(S(=O)(=O)N(C)C(C)C)c3)n2)c(C)c1. The van der Waals surface area contributed by atoms with E-state index in [9.17, 15) is 13.2 Å². The summed E-state index contributed by atoms with van der Waals surface area (Å²) in [4.78, 5) is 17.3. The van der Waals surface area contributed by atoms with E-state index in [2.05, 4.69) is 16.4 Å². The first kappa shape index (κ1) is 22.1. The van der Waals surface area contributed by atoms with Crippen LogP contribution in [0.2, 0.25) is 0 Å². The lowest BCUT2D eigenvalue weighted by Crippen LogP contribution is -2.33. The first-order valence-corrected chi connectivity index (χ1v) is 11.8. The van der Waals surface area contributed by atoms with Crippen molar-refractivity contribution >= 4 is 32.4 Å². The second kappa shape index (κ2) is 8.67. The van der Waals surface area contributed by atoms with Crippen molar-refractivity contribution in [2.24, 2.45) is 0 Å². The maximum Gasteiger partial charge on any atom is 0.257 e. The fourth-order valence-electron chi connectivity index (χ4n) is 2.97. The molecule has 0 unspecified atom stereocenters. The number of nitrogens with one attached hydrogen (secondary N) is 1. The van der Waals surface area contributed by atoms with E-state index in [1.54, 1.807) is 26.0 Å². The van der Waals surface area contributed by atoms with Crippen LogP contribution < -0.4 is 5.32 Å². The Hall–Kier alpha value is -2.55. The van der Waals surface area contributed by atoms with Gasteiger partial charge in [0.25, 0.3) is 5.91 Å². The Morgan fingerprint density at radius 2 is 1.87 bits per heavy atom. The quantitative estimate of drug-likeness (QED) is 0.598. The van der Waals surface area contributed by atoms with Gasteiger partial charge < -0.3 is 0 Å². The lowest BCUT2D eigenvalue weighted by Gasteiger charge is -2.21. The van der Waals surface area contributed by atoms with Crippen LogP contribution in [0.4, 0.5) is 5.13 Å². The van der Waals surface area contributed by atoms with E-state index in [4.69, 9.17) is 0 Å². The van der Waals surface area contributed by atoms with Gasteiger partial charge in [0.05, 0.1) is 10.6 Å². The molecule has 2 aromatic carbocycles. The van der Waals surface area contributed by atoms with Crippen molar-refractivity contribution < 1.29 is 13.2 Å². The predicted molar refractivity (Wildman–Crippen MR) is 122 cm³/mol. The number of hydrogen-bond donors (Lipinski definition) is 1. The third kappa shape index (κ3) is 4.61. The molecule has 6 nitrogen and oxygen atoms in total. The Bertz CT molecular complexity index is 1180. The zero-order valence-electron chi connectivity index (χ0n) is 17.6. The topological polar surface area (TPSA) is 79.4 Å². The summed E-state index contributed by atoms with van der Waals surface area (Å²) in [5.74, 6) is -0.402. The Balaban J connectivity index is 1.81. The molecule has 0 saturated carbocycles. The summed E-state index contributed by atoms with van der Waals surface area (Å²) in [5, 5.41) is 5.13. The molecule has 1 heterocycles. The molecule has 0 aliphatic carbocycles. The van der Waals surface area contributed by atoms with Gasteiger partial charge in [-0.05, 0) is 51.5 Å². The predicted octanol–water partition coefficient (Wildman–Crippen LogP) is 4.71. The van der Waals surface area contributed by atoms with Crippen molar-refractivity contribution in [3.05, 3.63) is 64.5 Å². The van der Waals surface area contributed by atoms with E-state index in [0.29, 0.717) is 5.13 Å². The molecule has 30 heavy (non-hydrogen) atoms. The molecule has 0 saturated heterocycles. The molecule has 0 aliphatic rings. The van der Waals surface area contributed by atoms with Gasteiger partial charge in [-0.3, -0.25) is 10.1 Å². The number of nitrogens with zero attached hydrogens (tertiary/aromatic N) is 2. The maximum atomic E-state index is 12.7. The highest BCUT2D eigenvalue weighted by Crippen LogP contribution is 2.28. The first-order chi connectivity index (χ1) is 14.1. The molecule has 0 spiro atoms. The second-order valence-corrected chi connectivity index (χ2v) is 10.3. The van der Waals surface area contributed by atoms with Gasteiger partial charge in [-0.25, -0.2) is 13.4 Å². The van der Waals surface area contributed by atoms with Crippen LogP contribution in [0.15, 0.2) is 52.7 Å². The molecular formula is C22H25N3O3S2. The maximum absolute atomic E-state index is 12.7. The summed E-state index contributed by atoms with van der Waals surface area (Å²) in [7, 11) is -2.14. The highest BCUT2D eigenvalue weighted by atomic mass is 32.2. The Morgan fingerprint density at radius 1 is 1.13 bits per heavy atom. The van der Waals surface area contributed by atoms with E-state index < -0.39 is 15.9 Å². The summed E-state index contributed by atoms with van der Waals surface area (Å²) in [6, 6.07) is 12.0. The number of aryl methyl sites for hydroxylation is 2. The summed E-state index contributed by atoms with van der Waals surface area (Å²) in [6.07, 6.45) is 0. The molecule has 1 amide bonds. The Morgan fingerprint density at radius 3 is 2.53 bits per heavy atom. The van der Waals surface area contributed by atoms with Gasteiger partial charge in [0.15, 0.2) is 5.13 Å². The van der Waals surface area contributed by atoms with E-state index in [1.165, 1.54) is 40.4 Å². The number of thiazole rings is 1. The van der Waals surface area contributed by atoms with Crippen LogP contribution in [0.3, 0.4) is 0 Å². The van der Waals surface area contributed by atoms with Crippen LogP contribution in [0, 0.1) is 13.8 Å². The molecule has 3 aromatic rings. The summed E-state index contributed by atoms with van der Waals surface area (Å²) >= 11 is 1.33. The number of amides is 1. The number of benzene rings is 2. The molecule has 0 aliphatic heterocycles. The smallest absolute Gasteiger partial charge is 0.257 e. The van der Waals surface area contributed by atoms with Gasteiger partial charge in [0.1, 0.15) is 0 Å². The van der Waals surface area contributed by atoms with Crippen LogP contribution in [0.25, 0.3) is 11.3 Å². The molecule has 3 rings (SSSR count). The highest BCUT2D eigenvalue weighted by molar-refractivity contribution is 7.89. The number of hydrogen-bond acceptors (Lipinski definition) is 5. The fourth-order valence-corrected chi connectivity index (χ4v) is 5.09. The van der Waals surface area contributed by atoms with Crippen molar-refractivity contribution in [1.29, 1.82) is 0 Å². The van der Waals surface area contributed by atoms with Gasteiger partial charge in [-0.15, -0.1) is 11.3 Å². The molecule has 158 valence electrons. The van der Waals surface area contributed by atoms with Crippen LogP contribution in [0.1, 0.15) is 35.3 Å². The average Bonchev–Trinajstić information content (AvgIpc) is 3.15. The third-order valence-electron chi connectivity index (χ3n) is 4.88. The Kier molecular flexibility index (Phi) is 6.40. The van der Waals surface area contributed by atoms with E-state index >= 15 is 0 Å².